The van der Waals surface area contributed by atoms with Crippen LogP contribution in [0.4, 0.5) is 0 Å². The lowest BCUT2D eigenvalue weighted by Crippen LogP contribution is -2.18. The highest BCUT2D eigenvalue weighted by Gasteiger charge is 1.99. The molecule has 0 heterocycles. The standard InChI is InChI=1S/C8H19N/c1-4-8(9)6-5-7(2)3/h7-8H,4-6,9H2,1-3H3. The minimum Gasteiger partial charge on any atom is -0.328 e. The van der Waals surface area contributed by atoms with Crippen molar-refractivity contribution < 1.29 is 0 Å². The maximum atomic E-state index is 5.72. The van der Waals surface area contributed by atoms with Crippen LogP contribution in [0.2, 0.25) is 0 Å². The molecule has 1 atom stereocenters. The molecule has 0 aliphatic carbocycles. The molecule has 0 aliphatic heterocycles. The number of hydrogen-bond acceptors (Lipinski definition) is 1. The predicted molar refractivity (Wildman–Crippen MR) is 42.3 cm³/mol. The van der Waals surface area contributed by atoms with E-state index in [0.717, 1.165) is 12.3 Å². The summed E-state index contributed by atoms with van der Waals surface area (Å²) in [6, 6.07) is 0.437. The van der Waals surface area contributed by atoms with Crippen LogP contribution in [0.25, 0.3) is 0 Å². The first-order valence-electron chi connectivity index (χ1n) is 3.92. The van der Waals surface area contributed by atoms with Crippen LogP contribution in [0.5, 0.6) is 0 Å². The van der Waals surface area contributed by atoms with Gasteiger partial charge in [-0.2, -0.15) is 0 Å². The van der Waals surface area contributed by atoms with Gasteiger partial charge in [0.25, 0.3) is 0 Å². The molecule has 0 rings (SSSR count). The fourth-order valence-corrected chi connectivity index (χ4v) is 0.752. The molecule has 0 fully saturated rings. The Morgan fingerprint density at radius 2 is 1.78 bits per heavy atom. The lowest BCUT2D eigenvalue weighted by molar-refractivity contribution is 0.489. The van der Waals surface area contributed by atoms with Crippen LogP contribution in [0.1, 0.15) is 40.0 Å². The van der Waals surface area contributed by atoms with E-state index in [1.165, 1.54) is 12.8 Å². The van der Waals surface area contributed by atoms with Crippen molar-refractivity contribution in [2.75, 3.05) is 0 Å². The van der Waals surface area contributed by atoms with Gasteiger partial charge in [0.15, 0.2) is 0 Å². The highest BCUT2D eigenvalue weighted by atomic mass is 14.6. The molecule has 1 nitrogen and oxygen atoms in total. The summed E-state index contributed by atoms with van der Waals surface area (Å²) >= 11 is 0. The van der Waals surface area contributed by atoms with Crippen LogP contribution in [-0.4, -0.2) is 6.04 Å². The number of nitrogens with two attached hydrogens (primary N) is 1. The van der Waals surface area contributed by atoms with Crippen molar-refractivity contribution in [1.29, 1.82) is 0 Å². The molecule has 2 N–H and O–H groups in total. The van der Waals surface area contributed by atoms with Gasteiger partial charge >= 0.3 is 0 Å². The number of hydrogen-bond donors (Lipinski definition) is 1. The van der Waals surface area contributed by atoms with E-state index in [2.05, 4.69) is 20.8 Å². The Morgan fingerprint density at radius 3 is 2.11 bits per heavy atom. The monoisotopic (exact) mass is 129 g/mol. The van der Waals surface area contributed by atoms with Gasteiger partial charge in [-0.25, -0.2) is 0 Å². The highest BCUT2D eigenvalue weighted by molar-refractivity contribution is 4.58. The summed E-state index contributed by atoms with van der Waals surface area (Å²) in [7, 11) is 0. The molecule has 1 unspecified atom stereocenters. The first-order valence-corrected chi connectivity index (χ1v) is 3.92. The van der Waals surface area contributed by atoms with Crippen LogP contribution < -0.4 is 5.73 Å². The van der Waals surface area contributed by atoms with Crippen molar-refractivity contribution in [2.24, 2.45) is 11.7 Å². The largest absolute Gasteiger partial charge is 0.328 e. The average Bonchev–Trinajstić information content (AvgIpc) is 1.83. The van der Waals surface area contributed by atoms with Gasteiger partial charge in [0, 0.05) is 6.04 Å². The predicted octanol–water partition coefficient (Wildman–Crippen LogP) is 2.16. The molecule has 1 heteroatoms. The second-order valence-electron chi connectivity index (χ2n) is 3.14. The fraction of sp³-hybridized carbons (Fsp3) is 1.00. The van der Waals surface area contributed by atoms with Crippen molar-refractivity contribution >= 4 is 0 Å². The maximum Gasteiger partial charge on any atom is 0.00363 e. The number of rotatable bonds is 4. The Kier molecular flexibility index (Phi) is 4.78. The van der Waals surface area contributed by atoms with E-state index in [-0.39, 0.29) is 0 Å². The third-order valence-electron chi connectivity index (χ3n) is 1.64. The Balaban J connectivity index is 3.06. The minimum atomic E-state index is 0.437. The fourth-order valence-electron chi connectivity index (χ4n) is 0.752. The molecule has 0 aromatic carbocycles. The van der Waals surface area contributed by atoms with Gasteiger partial charge in [0.1, 0.15) is 0 Å². The van der Waals surface area contributed by atoms with Gasteiger partial charge in [0.2, 0.25) is 0 Å². The summed E-state index contributed by atoms with van der Waals surface area (Å²) in [5.41, 5.74) is 5.72. The quantitative estimate of drug-likeness (QED) is 0.618. The molecule has 0 amide bonds. The van der Waals surface area contributed by atoms with E-state index in [1.54, 1.807) is 0 Å². The summed E-state index contributed by atoms with van der Waals surface area (Å²) in [6.45, 7) is 6.62. The molecule has 0 spiro atoms. The molecule has 56 valence electrons. The molecule has 9 heavy (non-hydrogen) atoms. The van der Waals surface area contributed by atoms with E-state index in [9.17, 15) is 0 Å². The molecular weight excluding hydrogens is 110 g/mol. The Bertz CT molecular complexity index is 59.6. The normalized spacial score (nSPS) is 14.3. The van der Waals surface area contributed by atoms with Crippen molar-refractivity contribution in [3.05, 3.63) is 0 Å². The van der Waals surface area contributed by atoms with Crippen molar-refractivity contribution in [1.82, 2.24) is 0 Å². The van der Waals surface area contributed by atoms with Gasteiger partial charge in [0.05, 0.1) is 0 Å². The molecule has 0 saturated carbocycles. The average molecular weight is 129 g/mol. The van der Waals surface area contributed by atoms with Crippen LogP contribution in [0.3, 0.4) is 0 Å². The maximum absolute atomic E-state index is 5.72. The second kappa shape index (κ2) is 4.80. The van der Waals surface area contributed by atoms with Gasteiger partial charge in [-0.1, -0.05) is 20.8 Å². The van der Waals surface area contributed by atoms with Crippen LogP contribution in [-0.2, 0) is 0 Å². The molecule has 0 radical (unpaired) electrons. The summed E-state index contributed by atoms with van der Waals surface area (Å²) < 4.78 is 0. The van der Waals surface area contributed by atoms with Gasteiger partial charge < -0.3 is 5.73 Å². The van der Waals surface area contributed by atoms with Crippen LogP contribution >= 0.6 is 0 Å². The molecule has 0 aromatic heterocycles. The van der Waals surface area contributed by atoms with Crippen LogP contribution in [0.15, 0.2) is 0 Å². The van der Waals surface area contributed by atoms with E-state index in [1.807, 2.05) is 0 Å². The highest BCUT2D eigenvalue weighted by Crippen LogP contribution is 2.06. The molecule has 0 bridgehead atoms. The van der Waals surface area contributed by atoms with Crippen LogP contribution in [0, 0.1) is 5.92 Å². The first kappa shape index (κ1) is 8.96. The minimum absolute atomic E-state index is 0.437. The molecule has 0 aliphatic rings. The second-order valence-corrected chi connectivity index (χ2v) is 3.14. The third-order valence-corrected chi connectivity index (χ3v) is 1.64. The zero-order chi connectivity index (χ0) is 7.28. The third kappa shape index (κ3) is 5.84. The van der Waals surface area contributed by atoms with Gasteiger partial charge in [-0.05, 0) is 25.2 Å². The summed E-state index contributed by atoms with van der Waals surface area (Å²) in [6.07, 6.45) is 3.58. The van der Waals surface area contributed by atoms with Gasteiger partial charge in [-0.15, -0.1) is 0 Å². The lowest BCUT2D eigenvalue weighted by atomic mass is 10.0. The zero-order valence-electron chi connectivity index (χ0n) is 6.85. The smallest absolute Gasteiger partial charge is 0.00363 e. The molecule has 0 saturated heterocycles. The van der Waals surface area contributed by atoms with E-state index in [0.29, 0.717) is 6.04 Å². The van der Waals surface area contributed by atoms with E-state index < -0.39 is 0 Å². The lowest BCUT2D eigenvalue weighted by Gasteiger charge is -2.09. The summed E-state index contributed by atoms with van der Waals surface area (Å²) in [4.78, 5) is 0. The Labute approximate surface area is 58.6 Å². The Morgan fingerprint density at radius 1 is 1.22 bits per heavy atom. The molecular formula is C8H19N. The van der Waals surface area contributed by atoms with E-state index in [4.69, 9.17) is 5.73 Å². The van der Waals surface area contributed by atoms with Gasteiger partial charge in [-0.3, -0.25) is 0 Å². The zero-order valence-corrected chi connectivity index (χ0v) is 6.85. The van der Waals surface area contributed by atoms with Crippen molar-refractivity contribution in [3.63, 3.8) is 0 Å². The van der Waals surface area contributed by atoms with Crippen molar-refractivity contribution in [3.8, 4) is 0 Å². The summed E-state index contributed by atoms with van der Waals surface area (Å²) in [5.74, 6) is 0.808. The Hall–Kier alpha value is -0.0400. The van der Waals surface area contributed by atoms with Crippen molar-refractivity contribution in [2.45, 2.75) is 46.1 Å². The van der Waals surface area contributed by atoms with E-state index >= 15 is 0 Å². The molecule has 0 aromatic rings. The first-order chi connectivity index (χ1) is 4.16. The topological polar surface area (TPSA) is 26.0 Å². The SMILES string of the molecule is CCC(N)CCC(C)C. The summed E-state index contributed by atoms with van der Waals surface area (Å²) in [5, 5.41) is 0.